The Morgan fingerprint density at radius 3 is 1.95 bits per heavy atom. The number of hydrogen-bond donors (Lipinski definition) is 2. The Labute approximate surface area is 222 Å². The second-order valence-corrected chi connectivity index (χ2v) is 10.00. The van der Waals surface area contributed by atoms with Crippen LogP contribution in [0.15, 0.2) is 36.5 Å². The Bertz CT molecular complexity index is 1130. The number of hydrogen-bond acceptors (Lipinski definition) is 7. The predicted octanol–water partition coefficient (Wildman–Crippen LogP) is 4.14. The minimum atomic E-state index is -5.08. The van der Waals surface area contributed by atoms with Gasteiger partial charge in [0.2, 0.25) is 5.88 Å². The molecular formula is C23H23F6N3O6S. The summed E-state index contributed by atoms with van der Waals surface area (Å²) in [4.78, 5) is 41.0. The van der Waals surface area contributed by atoms with Crippen LogP contribution in [0.5, 0.6) is 5.88 Å². The van der Waals surface area contributed by atoms with Gasteiger partial charge in [-0.1, -0.05) is 6.07 Å². The second kappa shape index (κ2) is 12.5. The van der Waals surface area contributed by atoms with Crippen LogP contribution in [-0.2, 0) is 9.59 Å². The highest BCUT2D eigenvalue weighted by Crippen LogP contribution is 2.46. The normalized spacial score (nSPS) is 17.6. The van der Waals surface area contributed by atoms with Crippen LogP contribution < -0.4 is 4.74 Å². The highest BCUT2D eigenvalue weighted by molar-refractivity contribution is 8.01. The first-order valence-corrected chi connectivity index (χ1v) is 12.0. The lowest BCUT2D eigenvalue weighted by Gasteiger charge is -2.47. The molecule has 0 bridgehead atoms. The lowest BCUT2D eigenvalue weighted by Crippen LogP contribution is -2.60. The number of thioether (sulfide) groups is 1. The quantitative estimate of drug-likeness (QED) is 0.512. The van der Waals surface area contributed by atoms with E-state index in [1.54, 1.807) is 6.20 Å². The molecule has 2 N–H and O–H groups in total. The summed E-state index contributed by atoms with van der Waals surface area (Å²) in [7, 11) is 0. The molecule has 2 aromatic rings. The molecule has 0 aromatic carbocycles. The topological polar surface area (TPSA) is 130 Å². The third-order valence-corrected chi connectivity index (χ3v) is 6.73. The maximum absolute atomic E-state index is 12.7. The van der Waals surface area contributed by atoms with Gasteiger partial charge >= 0.3 is 24.3 Å². The van der Waals surface area contributed by atoms with Crippen molar-refractivity contribution < 1.29 is 55.7 Å². The van der Waals surface area contributed by atoms with Gasteiger partial charge in [-0.25, -0.2) is 14.6 Å². The number of aryl methyl sites for hydroxylation is 2. The van der Waals surface area contributed by atoms with E-state index in [1.807, 2.05) is 60.8 Å². The Morgan fingerprint density at radius 1 is 1.00 bits per heavy atom. The summed E-state index contributed by atoms with van der Waals surface area (Å²) >= 11 is 1.92. The summed E-state index contributed by atoms with van der Waals surface area (Å²) < 4.78 is 69.6. The number of rotatable bonds is 3. The Morgan fingerprint density at radius 2 is 1.51 bits per heavy atom. The minimum absolute atomic E-state index is 0.105. The van der Waals surface area contributed by atoms with Crippen LogP contribution in [0.2, 0.25) is 0 Å². The molecule has 0 radical (unpaired) electrons. The number of likely N-dealkylation sites (tertiary alicyclic amines) is 1. The lowest BCUT2D eigenvalue weighted by atomic mass is 9.92. The van der Waals surface area contributed by atoms with E-state index in [0.29, 0.717) is 5.88 Å². The summed E-state index contributed by atoms with van der Waals surface area (Å²) in [5.41, 5.74) is 2.51. The van der Waals surface area contributed by atoms with Crippen LogP contribution in [0.25, 0.3) is 0 Å². The van der Waals surface area contributed by atoms with E-state index >= 15 is 0 Å². The number of carbonyl (C=O) groups is 3. The van der Waals surface area contributed by atoms with Gasteiger partial charge in [-0.05, 0) is 32.0 Å². The molecule has 2 saturated heterocycles. The first-order chi connectivity index (χ1) is 17.9. The average molecular weight is 584 g/mol. The third kappa shape index (κ3) is 9.60. The molecule has 214 valence electrons. The van der Waals surface area contributed by atoms with E-state index in [0.717, 1.165) is 42.2 Å². The van der Waals surface area contributed by atoms with Gasteiger partial charge in [0, 0.05) is 54.5 Å². The highest BCUT2D eigenvalue weighted by atomic mass is 32.2. The van der Waals surface area contributed by atoms with Gasteiger partial charge in [-0.2, -0.15) is 26.3 Å². The number of alkyl halides is 6. The van der Waals surface area contributed by atoms with Crippen LogP contribution in [0.4, 0.5) is 26.3 Å². The fourth-order valence-corrected chi connectivity index (χ4v) is 5.14. The molecule has 39 heavy (non-hydrogen) atoms. The van der Waals surface area contributed by atoms with E-state index in [4.69, 9.17) is 24.5 Å². The molecule has 1 unspecified atom stereocenters. The van der Waals surface area contributed by atoms with Crippen molar-refractivity contribution in [2.45, 2.75) is 43.5 Å². The van der Waals surface area contributed by atoms with E-state index in [-0.39, 0.29) is 16.8 Å². The van der Waals surface area contributed by atoms with Gasteiger partial charge in [-0.15, -0.1) is 11.8 Å². The molecule has 0 aliphatic carbocycles. The molecular weight excluding hydrogens is 560 g/mol. The Kier molecular flexibility index (Phi) is 10.2. The van der Waals surface area contributed by atoms with Crippen LogP contribution in [-0.4, -0.2) is 85.0 Å². The molecule has 16 heteroatoms. The zero-order valence-electron chi connectivity index (χ0n) is 20.4. The summed E-state index contributed by atoms with van der Waals surface area (Å²) in [5.74, 6) is -3.78. The maximum Gasteiger partial charge on any atom is 0.490 e. The SMILES string of the molecule is Cc1cc(C(=O)N2CC3(CC(Oc4ccccn4)CS3)C2)cc(C)n1.O=C(O)C(F)(F)F.O=C(O)C(F)(F)F. The molecule has 2 aliphatic heterocycles. The van der Waals surface area contributed by atoms with Gasteiger partial charge in [0.1, 0.15) is 6.10 Å². The fourth-order valence-electron chi connectivity index (χ4n) is 3.62. The number of carbonyl (C=O) groups excluding carboxylic acids is 1. The third-order valence-electron chi connectivity index (χ3n) is 5.16. The fraction of sp³-hybridized carbons (Fsp3) is 0.435. The minimum Gasteiger partial charge on any atom is -0.475 e. The number of aromatic nitrogens is 2. The van der Waals surface area contributed by atoms with Gasteiger partial charge < -0.3 is 19.8 Å². The lowest BCUT2D eigenvalue weighted by molar-refractivity contribution is -0.193. The van der Waals surface area contributed by atoms with Gasteiger partial charge in [-0.3, -0.25) is 9.78 Å². The van der Waals surface area contributed by atoms with Gasteiger partial charge in [0.25, 0.3) is 5.91 Å². The summed E-state index contributed by atoms with van der Waals surface area (Å²) in [5, 5.41) is 14.2. The molecule has 2 fully saturated rings. The maximum atomic E-state index is 12.7. The van der Waals surface area contributed by atoms with Crippen LogP contribution >= 0.6 is 11.8 Å². The van der Waals surface area contributed by atoms with Crippen LogP contribution in [0, 0.1) is 13.8 Å². The summed E-state index contributed by atoms with van der Waals surface area (Å²) in [6.45, 7) is 5.43. The molecule has 4 heterocycles. The zero-order valence-corrected chi connectivity index (χ0v) is 21.2. The summed E-state index contributed by atoms with van der Waals surface area (Å²) in [6.07, 6.45) is -7.29. The first kappa shape index (κ1) is 31.7. The number of carboxylic acid groups (broad SMARTS) is 2. The predicted molar refractivity (Wildman–Crippen MR) is 125 cm³/mol. The van der Waals surface area contributed by atoms with E-state index in [9.17, 15) is 31.1 Å². The van der Waals surface area contributed by atoms with E-state index < -0.39 is 24.3 Å². The van der Waals surface area contributed by atoms with Crippen molar-refractivity contribution in [3.8, 4) is 5.88 Å². The highest BCUT2D eigenvalue weighted by Gasteiger charge is 2.51. The largest absolute Gasteiger partial charge is 0.490 e. The second-order valence-electron chi connectivity index (χ2n) is 8.51. The summed E-state index contributed by atoms with van der Waals surface area (Å²) in [6, 6.07) is 9.45. The van der Waals surface area contributed by atoms with Crippen molar-refractivity contribution in [2.24, 2.45) is 0 Å². The first-order valence-electron chi connectivity index (χ1n) is 11.0. The van der Waals surface area contributed by atoms with E-state index in [2.05, 4.69) is 9.97 Å². The van der Waals surface area contributed by atoms with Crippen molar-refractivity contribution in [1.82, 2.24) is 14.9 Å². The number of amides is 1. The monoisotopic (exact) mass is 583 g/mol. The molecule has 9 nitrogen and oxygen atoms in total. The molecule has 0 saturated carbocycles. The number of pyridine rings is 2. The molecule has 1 amide bonds. The Hall–Kier alpha value is -3.56. The number of nitrogens with zero attached hydrogens (tertiary/aromatic N) is 3. The van der Waals surface area contributed by atoms with Crippen molar-refractivity contribution in [1.29, 1.82) is 0 Å². The smallest absolute Gasteiger partial charge is 0.475 e. The zero-order chi connectivity index (χ0) is 29.6. The number of halogens is 6. The Balaban J connectivity index is 0.000000317. The van der Waals surface area contributed by atoms with Crippen molar-refractivity contribution in [3.05, 3.63) is 53.5 Å². The molecule has 1 atom stereocenters. The van der Waals surface area contributed by atoms with Crippen molar-refractivity contribution in [2.75, 3.05) is 18.8 Å². The van der Waals surface area contributed by atoms with E-state index in [1.165, 1.54) is 0 Å². The van der Waals surface area contributed by atoms with Crippen LogP contribution in [0.3, 0.4) is 0 Å². The molecule has 2 aliphatic rings. The number of aliphatic carboxylic acids is 2. The standard InChI is InChI=1S/C19H21N3O2S.2C2HF3O2/c1-13-7-15(8-14(2)21-13)18(23)22-11-19(12-22)9-16(10-25-19)24-17-5-3-4-6-20-17;2*3-2(4,5)1(6)7/h3-8,16H,9-12H2,1-2H3;2*(H,6,7). The molecule has 4 rings (SSSR count). The number of carboxylic acids is 2. The average Bonchev–Trinajstić information content (AvgIpc) is 3.21. The van der Waals surface area contributed by atoms with Gasteiger partial charge in [0.15, 0.2) is 0 Å². The van der Waals surface area contributed by atoms with Crippen molar-refractivity contribution in [3.63, 3.8) is 0 Å². The molecule has 2 aromatic heterocycles. The van der Waals surface area contributed by atoms with Crippen molar-refractivity contribution >= 4 is 29.6 Å². The van der Waals surface area contributed by atoms with Gasteiger partial charge in [0.05, 0.1) is 4.75 Å². The number of ether oxygens (including phenoxy) is 1. The molecule has 1 spiro atoms. The van der Waals surface area contributed by atoms with Crippen LogP contribution in [0.1, 0.15) is 28.2 Å².